The van der Waals surface area contributed by atoms with Gasteiger partial charge in [0.2, 0.25) is 0 Å². The zero-order valence-corrected chi connectivity index (χ0v) is 12.1. The summed E-state index contributed by atoms with van der Waals surface area (Å²) in [6, 6.07) is 0. The summed E-state index contributed by atoms with van der Waals surface area (Å²) in [5.41, 5.74) is 0.173. The first-order valence-electron chi connectivity index (χ1n) is 5.91. The van der Waals surface area contributed by atoms with Crippen LogP contribution in [-0.2, 0) is 9.47 Å². The van der Waals surface area contributed by atoms with Gasteiger partial charge in [0.05, 0.1) is 5.60 Å². The van der Waals surface area contributed by atoms with E-state index >= 15 is 0 Å². The fourth-order valence-electron chi connectivity index (χ4n) is 2.39. The van der Waals surface area contributed by atoms with Crippen LogP contribution in [0.1, 0.15) is 39.0 Å². The molecule has 0 bridgehead atoms. The van der Waals surface area contributed by atoms with Gasteiger partial charge < -0.3 is 9.47 Å². The van der Waals surface area contributed by atoms with Crippen molar-refractivity contribution in [2.24, 2.45) is 5.92 Å². The van der Waals surface area contributed by atoms with Crippen LogP contribution < -0.4 is 0 Å². The van der Waals surface area contributed by atoms with E-state index in [0.717, 1.165) is 30.0 Å². The van der Waals surface area contributed by atoms with Gasteiger partial charge in [0.1, 0.15) is 0 Å². The van der Waals surface area contributed by atoms with Gasteiger partial charge in [-0.2, -0.15) is 0 Å². The molecule has 15 heavy (non-hydrogen) atoms. The smallest absolute Gasteiger partial charge is 0.0774 e. The lowest BCUT2D eigenvalue weighted by Gasteiger charge is -2.38. The highest BCUT2D eigenvalue weighted by molar-refractivity contribution is 14.1. The van der Waals surface area contributed by atoms with E-state index in [-0.39, 0.29) is 5.60 Å². The molecule has 0 radical (unpaired) electrons. The molecule has 0 aromatic heterocycles. The summed E-state index contributed by atoms with van der Waals surface area (Å²) in [6.07, 6.45) is 6.20. The van der Waals surface area contributed by atoms with Gasteiger partial charge in [-0.1, -0.05) is 42.4 Å². The molecule has 0 spiro atoms. The van der Waals surface area contributed by atoms with Crippen LogP contribution in [0.25, 0.3) is 0 Å². The highest BCUT2D eigenvalue weighted by atomic mass is 127. The standard InChI is InChI=1S/C12H23IO2/c1-11-5-3-6-12(9-11,10-13)15-8-4-7-14-2/h11H,3-10H2,1-2H3. The Morgan fingerprint density at radius 2 is 2.20 bits per heavy atom. The molecule has 0 N–H and O–H groups in total. The van der Waals surface area contributed by atoms with Crippen LogP contribution in [0.2, 0.25) is 0 Å². The summed E-state index contributed by atoms with van der Waals surface area (Å²) in [6.45, 7) is 4.01. The molecule has 0 amide bonds. The molecule has 1 aliphatic rings. The van der Waals surface area contributed by atoms with Crippen molar-refractivity contribution >= 4 is 22.6 Å². The maximum Gasteiger partial charge on any atom is 0.0774 e. The molecule has 0 saturated heterocycles. The summed E-state index contributed by atoms with van der Waals surface area (Å²) in [5.74, 6) is 0.830. The third kappa shape index (κ3) is 4.57. The van der Waals surface area contributed by atoms with Crippen molar-refractivity contribution in [1.82, 2.24) is 0 Å². The first-order valence-corrected chi connectivity index (χ1v) is 7.44. The topological polar surface area (TPSA) is 18.5 Å². The van der Waals surface area contributed by atoms with E-state index in [1.54, 1.807) is 7.11 Å². The number of ether oxygens (including phenoxy) is 2. The van der Waals surface area contributed by atoms with E-state index in [9.17, 15) is 0 Å². The van der Waals surface area contributed by atoms with Crippen molar-refractivity contribution in [2.45, 2.75) is 44.6 Å². The summed E-state index contributed by atoms with van der Waals surface area (Å²) in [5, 5.41) is 0. The van der Waals surface area contributed by atoms with Gasteiger partial charge in [-0.3, -0.25) is 0 Å². The Labute approximate surface area is 107 Å². The predicted molar refractivity (Wildman–Crippen MR) is 71.7 cm³/mol. The van der Waals surface area contributed by atoms with E-state index in [1.165, 1.54) is 25.7 Å². The number of hydrogen-bond donors (Lipinski definition) is 0. The summed E-state index contributed by atoms with van der Waals surface area (Å²) in [7, 11) is 1.75. The summed E-state index contributed by atoms with van der Waals surface area (Å²) >= 11 is 2.47. The predicted octanol–water partition coefficient (Wildman–Crippen LogP) is 3.42. The van der Waals surface area contributed by atoms with E-state index in [2.05, 4.69) is 29.5 Å². The molecule has 2 atom stereocenters. The van der Waals surface area contributed by atoms with Crippen LogP contribution >= 0.6 is 22.6 Å². The second-order valence-electron chi connectivity index (χ2n) is 4.71. The normalized spacial score (nSPS) is 31.8. The second-order valence-corrected chi connectivity index (χ2v) is 5.48. The van der Waals surface area contributed by atoms with Crippen LogP contribution in [-0.4, -0.2) is 30.4 Å². The van der Waals surface area contributed by atoms with Gasteiger partial charge in [-0.05, 0) is 25.2 Å². The number of rotatable bonds is 6. The van der Waals surface area contributed by atoms with Crippen molar-refractivity contribution in [3.63, 3.8) is 0 Å². The Balaban J connectivity index is 2.31. The average molecular weight is 326 g/mol. The summed E-state index contributed by atoms with van der Waals surface area (Å²) in [4.78, 5) is 0. The van der Waals surface area contributed by atoms with E-state index < -0.39 is 0 Å². The molecule has 2 nitrogen and oxygen atoms in total. The molecule has 1 fully saturated rings. The Hall–Kier alpha value is 0.650. The highest BCUT2D eigenvalue weighted by Crippen LogP contribution is 2.36. The Morgan fingerprint density at radius 1 is 1.40 bits per heavy atom. The summed E-state index contributed by atoms with van der Waals surface area (Å²) < 4.78 is 12.3. The molecule has 90 valence electrons. The molecule has 0 aliphatic heterocycles. The third-order valence-electron chi connectivity index (χ3n) is 3.19. The van der Waals surface area contributed by atoms with Gasteiger partial charge in [-0.25, -0.2) is 0 Å². The van der Waals surface area contributed by atoms with E-state index in [1.807, 2.05) is 0 Å². The lowest BCUT2D eigenvalue weighted by molar-refractivity contribution is -0.0660. The quantitative estimate of drug-likeness (QED) is 0.423. The first kappa shape index (κ1) is 13.7. The monoisotopic (exact) mass is 326 g/mol. The van der Waals surface area contributed by atoms with Crippen molar-refractivity contribution < 1.29 is 9.47 Å². The fraction of sp³-hybridized carbons (Fsp3) is 1.00. The van der Waals surface area contributed by atoms with Gasteiger partial charge >= 0.3 is 0 Å². The lowest BCUT2D eigenvalue weighted by atomic mass is 9.80. The maximum atomic E-state index is 6.10. The van der Waals surface area contributed by atoms with Crippen LogP contribution in [0.15, 0.2) is 0 Å². The zero-order valence-electron chi connectivity index (χ0n) is 9.93. The van der Waals surface area contributed by atoms with Crippen LogP contribution in [0.5, 0.6) is 0 Å². The number of methoxy groups -OCH3 is 1. The number of hydrogen-bond acceptors (Lipinski definition) is 2. The fourth-order valence-corrected chi connectivity index (χ4v) is 3.31. The highest BCUT2D eigenvalue weighted by Gasteiger charge is 2.34. The lowest BCUT2D eigenvalue weighted by Crippen LogP contribution is -2.39. The van der Waals surface area contributed by atoms with Crippen molar-refractivity contribution in [2.75, 3.05) is 24.8 Å². The third-order valence-corrected chi connectivity index (χ3v) is 4.58. The number of alkyl halides is 1. The van der Waals surface area contributed by atoms with Gasteiger partial charge in [0, 0.05) is 24.8 Å². The van der Waals surface area contributed by atoms with Gasteiger partial charge in [-0.15, -0.1) is 0 Å². The minimum atomic E-state index is 0.173. The molecule has 3 heteroatoms. The van der Waals surface area contributed by atoms with Crippen molar-refractivity contribution in [3.05, 3.63) is 0 Å². The van der Waals surface area contributed by atoms with Crippen LogP contribution in [0.3, 0.4) is 0 Å². The van der Waals surface area contributed by atoms with Gasteiger partial charge in [0.15, 0.2) is 0 Å². The van der Waals surface area contributed by atoms with Crippen LogP contribution in [0, 0.1) is 5.92 Å². The molecular formula is C12H23IO2. The molecular weight excluding hydrogens is 303 g/mol. The Bertz CT molecular complexity index is 175. The molecule has 1 aliphatic carbocycles. The molecule has 1 rings (SSSR count). The molecule has 0 aromatic carbocycles. The van der Waals surface area contributed by atoms with E-state index in [0.29, 0.717) is 0 Å². The Morgan fingerprint density at radius 3 is 2.80 bits per heavy atom. The molecule has 1 saturated carbocycles. The van der Waals surface area contributed by atoms with Crippen molar-refractivity contribution in [1.29, 1.82) is 0 Å². The average Bonchev–Trinajstić information content (AvgIpc) is 2.25. The molecule has 2 unspecified atom stereocenters. The maximum absolute atomic E-state index is 6.10. The minimum Gasteiger partial charge on any atom is -0.385 e. The zero-order chi connectivity index (χ0) is 11.1. The minimum absolute atomic E-state index is 0.173. The van der Waals surface area contributed by atoms with E-state index in [4.69, 9.17) is 9.47 Å². The Kier molecular flexibility index (Phi) is 6.46. The van der Waals surface area contributed by atoms with Crippen LogP contribution in [0.4, 0.5) is 0 Å². The first-order chi connectivity index (χ1) is 7.22. The second kappa shape index (κ2) is 7.07. The molecule has 0 aromatic rings. The number of halogens is 1. The van der Waals surface area contributed by atoms with Gasteiger partial charge in [0.25, 0.3) is 0 Å². The molecule has 0 heterocycles. The SMILES string of the molecule is COCCCOC1(CI)CCCC(C)C1. The largest absolute Gasteiger partial charge is 0.385 e. The van der Waals surface area contributed by atoms with Crippen molar-refractivity contribution in [3.8, 4) is 0 Å².